The van der Waals surface area contributed by atoms with E-state index in [9.17, 15) is 14.4 Å². The average Bonchev–Trinajstić information content (AvgIpc) is 3.30. The van der Waals surface area contributed by atoms with Crippen molar-refractivity contribution in [3.05, 3.63) is 89.5 Å². The van der Waals surface area contributed by atoms with E-state index in [0.717, 1.165) is 23.1 Å². The quantitative estimate of drug-likeness (QED) is 0.306. The number of aromatic nitrogens is 3. The summed E-state index contributed by atoms with van der Waals surface area (Å²) in [5.41, 5.74) is 4.05. The summed E-state index contributed by atoms with van der Waals surface area (Å²) in [7, 11) is 0. The number of benzene rings is 3. The van der Waals surface area contributed by atoms with Crippen molar-refractivity contribution in [3.8, 4) is 0 Å². The fraction of sp³-hybridized carbons (Fsp3) is 0.300. The van der Waals surface area contributed by atoms with E-state index in [1.807, 2.05) is 55.5 Å². The topological polar surface area (TPSA) is 97.2 Å². The van der Waals surface area contributed by atoms with Gasteiger partial charge in [0.25, 0.3) is 0 Å². The lowest BCUT2D eigenvalue weighted by molar-refractivity contribution is -0.127. The molecule has 8 heteroatoms. The lowest BCUT2D eigenvalue weighted by Crippen LogP contribution is -2.46. The monoisotopic (exact) mass is 511 g/mol. The number of amides is 2. The molecule has 0 aliphatic rings. The summed E-state index contributed by atoms with van der Waals surface area (Å²) in [5, 5.41) is 11.4. The fourth-order valence-corrected chi connectivity index (χ4v) is 4.40. The second-order valence-corrected chi connectivity index (χ2v) is 9.84. The van der Waals surface area contributed by atoms with E-state index in [1.165, 1.54) is 11.8 Å². The van der Waals surface area contributed by atoms with Gasteiger partial charge in [-0.1, -0.05) is 55.5 Å². The Morgan fingerprint density at radius 3 is 2.32 bits per heavy atom. The highest BCUT2D eigenvalue weighted by molar-refractivity contribution is 6.02. The Morgan fingerprint density at radius 2 is 1.63 bits per heavy atom. The van der Waals surface area contributed by atoms with Crippen LogP contribution in [-0.4, -0.2) is 39.1 Å². The predicted octanol–water partition coefficient (Wildman–Crippen LogP) is 4.88. The first-order chi connectivity index (χ1) is 18.3. The van der Waals surface area contributed by atoms with Crippen molar-refractivity contribution in [2.45, 2.75) is 46.7 Å². The zero-order valence-corrected chi connectivity index (χ0v) is 22.2. The number of Topliss-reactive ketones (excluding diaryl/α,β-unsaturated/α-hetero) is 1. The minimum atomic E-state index is -0.922. The van der Waals surface area contributed by atoms with Crippen LogP contribution in [0, 0.1) is 12.8 Å². The van der Waals surface area contributed by atoms with Crippen LogP contribution in [0.15, 0.2) is 72.8 Å². The predicted molar refractivity (Wildman–Crippen MR) is 148 cm³/mol. The Bertz CT molecular complexity index is 1440. The Morgan fingerprint density at radius 1 is 0.947 bits per heavy atom. The first-order valence-corrected chi connectivity index (χ1v) is 12.8. The van der Waals surface area contributed by atoms with Gasteiger partial charge in [-0.25, -0.2) is 4.68 Å². The Balaban J connectivity index is 1.79. The standard InChI is InChI=1S/C30H33N5O3/c1-20(2)17-18-31-30(38)29(25-10-6-5-9-21(25)3)35(24-15-13-23(14-16-24)22(4)36)28(37)19-34-27-12-8-7-11-26(27)32-33-34/h5-16,20,29H,17-19H2,1-4H3,(H,31,38). The van der Waals surface area contributed by atoms with Gasteiger partial charge in [0.2, 0.25) is 11.8 Å². The van der Waals surface area contributed by atoms with E-state index < -0.39 is 6.04 Å². The molecule has 4 aromatic rings. The third-order valence-corrected chi connectivity index (χ3v) is 6.54. The van der Waals surface area contributed by atoms with Crippen LogP contribution in [0.5, 0.6) is 0 Å². The number of carbonyl (C=O) groups is 3. The molecule has 0 saturated heterocycles. The third-order valence-electron chi connectivity index (χ3n) is 6.54. The molecule has 0 aliphatic carbocycles. The number of carbonyl (C=O) groups excluding carboxylic acids is 3. The summed E-state index contributed by atoms with van der Waals surface area (Å²) in [6.07, 6.45) is 0.818. The molecule has 1 unspecified atom stereocenters. The number of anilines is 1. The Labute approximate surface area is 222 Å². The van der Waals surface area contributed by atoms with Crippen LogP contribution in [0.3, 0.4) is 0 Å². The van der Waals surface area contributed by atoms with Gasteiger partial charge in [-0.15, -0.1) is 5.10 Å². The van der Waals surface area contributed by atoms with Gasteiger partial charge in [0.1, 0.15) is 18.1 Å². The van der Waals surface area contributed by atoms with Gasteiger partial charge in [-0.2, -0.15) is 0 Å². The van der Waals surface area contributed by atoms with Gasteiger partial charge < -0.3 is 5.32 Å². The largest absolute Gasteiger partial charge is 0.354 e. The van der Waals surface area contributed by atoms with E-state index in [2.05, 4.69) is 29.5 Å². The Kier molecular flexibility index (Phi) is 8.31. The van der Waals surface area contributed by atoms with E-state index >= 15 is 0 Å². The molecule has 0 radical (unpaired) electrons. The van der Waals surface area contributed by atoms with Crippen molar-refractivity contribution < 1.29 is 14.4 Å². The van der Waals surface area contributed by atoms with Crippen LogP contribution in [0.1, 0.15) is 54.7 Å². The number of hydrogen-bond acceptors (Lipinski definition) is 5. The zero-order valence-electron chi connectivity index (χ0n) is 22.2. The molecule has 4 rings (SSSR count). The van der Waals surface area contributed by atoms with Crippen LogP contribution in [0.2, 0.25) is 0 Å². The molecule has 38 heavy (non-hydrogen) atoms. The van der Waals surface area contributed by atoms with Gasteiger partial charge in [0, 0.05) is 17.8 Å². The van der Waals surface area contributed by atoms with E-state index in [-0.39, 0.29) is 24.1 Å². The molecule has 1 N–H and O–H groups in total. The summed E-state index contributed by atoms with van der Waals surface area (Å²) in [5.74, 6) is -0.258. The normalized spacial score (nSPS) is 11.9. The zero-order chi connectivity index (χ0) is 27.2. The summed E-state index contributed by atoms with van der Waals surface area (Å²) in [6.45, 7) is 8.00. The van der Waals surface area contributed by atoms with E-state index in [0.29, 0.717) is 29.2 Å². The number of nitrogens with one attached hydrogen (secondary N) is 1. The molecular weight excluding hydrogens is 478 g/mol. The number of hydrogen-bond donors (Lipinski definition) is 1. The summed E-state index contributed by atoms with van der Waals surface area (Å²) >= 11 is 0. The number of ketones is 1. The minimum Gasteiger partial charge on any atom is -0.354 e. The molecule has 0 aliphatic heterocycles. The third kappa shape index (κ3) is 5.96. The second kappa shape index (κ2) is 11.8. The van der Waals surface area contributed by atoms with E-state index in [4.69, 9.17) is 0 Å². The molecular formula is C30H33N5O3. The number of para-hydroxylation sites is 1. The van der Waals surface area contributed by atoms with Gasteiger partial charge in [-0.05, 0) is 73.7 Å². The molecule has 8 nitrogen and oxygen atoms in total. The highest BCUT2D eigenvalue weighted by Crippen LogP contribution is 2.31. The average molecular weight is 512 g/mol. The maximum absolute atomic E-state index is 14.1. The molecule has 0 saturated carbocycles. The number of rotatable bonds is 10. The van der Waals surface area contributed by atoms with Gasteiger partial charge in [0.15, 0.2) is 5.78 Å². The number of aryl methyl sites for hydroxylation is 1. The van der Waals surface area contributed by atoms with Gasteiger partial charge in [-0.3, -0.25) is 19.3 Å². The fourth-order valence-electron chi connectivity index (χ4n) is 4.40. The molecule has 1 heterocycles. The molecule has 0 spiro atoms. The smallest absolute Gasteiger partial charge is 0.249 e. The molecule has 196 valence electrons. The molecule has 2 amide bonds. The lowest BCUT2D eigenvalue weighted by atomic mass is 9.97. The highest BCUT2D eigenvalue weighted by Gasteiger charge is 2.34. The maximum atomic E-state index is 14.1. The summed E-state index contributed by atoms with van der Waals surface area (Å²) in [6, 6.07) is 20.8. The van der Waals surface area contributed by atoms with Crippen LogP contribution >= 0.6 is 0 Å². The Hall–Kier alpha value is -4.33. The molecule has 1 atom stereocenters. The molecule has 3 aromatic carbocycles. The van der Waals surface area contributed by atoms with E-state index in [1.54, 1.807) is 28.9 Å². The maximum Gasteiger partial charge on any atom is 0.249 e. The van der Waals surface area contributed by atoms with Crippen molar-refractivity contribution in [3.63, 3.8) is 0 Å². The van der Waals surface area contributed by atoms with Crippen molar-refractivity contribution in [2.75, 3.05) is 11.4 Å². The molecule has 0 fully saturated rings. The van der Waals surface area contributed by atoms with Crippen LogP contribution in [-0.2, 0) is 16.1 Å². The SMILES string of the molecule is CC(=O)c1ccc(N(C(=O)Cn2nnc3ccccc32)C(C(=O)NCCC(C)C)c2ccccc2C)cc1. The second-order valence-electron chi connectivity index (χ2n) is 9.84. The molecule has 0 bridgehead atoms. The number of nitrogens with zero attached hydrogens (tertiary/aromatic N) is 4. The van der Waals surface area contributed by atoms with Gasteiger partial charge in [0.05, 0.1) is 5.52 Å². The van der Waals surface area contributed by atoms with Gasteiger partial charge >= 0.3 is 0 Å². The van der Waals surface area contributed by atoms with Crippen molar-refractivity contribution in [1.29, 1.82) is 0 Å². The first-order valence-electron chi connectivity index (χ1n) is 12.8. The van der Waals surface area contributed by atoms with Crippen LogP contribution in [0.25, 0.3) is 11.0 Å². The minimum absolute atomic E-state index is 0.0783. The summed E-state index contributed by atoms with van der Waals surface area (Å²) in [4.78, 5) is 41.3. The van der Waals surface area contributed by atoms with Crippen molar-refractivity contribution in [2.24, 2.45) is 5.92 Å². The van der Waals surface area contributed by atoms with Crippen molar-refractivity contribution in [1.82, 2.24) is 20.3 Å². The van der Waals surface area contributed by atoms with Crippen LogP contribution in [0.4, 0.5) is 5.69 Å². The molecule has 1 aromatic heterocycles. The first kappa shape index (κ1) is 26.7. The van der Waals surface area contributed by atoms with Crippen LogP contribution < -0.4 is 10.2 Å². The highest BCUT2D eigenvalue weighted by atomic mass is 16.2. The van der Waals surface area contributed by atoms with Crippen molar-refractivity contribution >= 4 is 34.3 Å². The summed E-state index contributed by atoms with van der Waals surface area (Å²) < 4.78 is 1.54. The number of fused-ring (bicyclic) bond motifs is 1. The lowest BCUT2D eigenvalue weighted by Gasteiger charge is -2.32.